The molecule has 0 unspecified atom stereocenters. The Morgan fingerprint density at radius 3 is 1.81 bits per heavy atom. The molecule has 2 nitrogen and oxygen atoms in total. The Labute approximate surface area is 332 Å². The number of hydrogen-bond donors (Lipinski definition) is 0. The van der Waals surface area contributed by atoms with E-state index in [0.717, 1.165) is 50.1 Å². The number of hydrogen-bond acceptors (Lipinski definition) is 2. The van der Waals surface area contributed by atoms with E-state index in [1.54, 1.807) is 0 Å². The van der Waals surface area contributed by atoms with E-state index in [-0.39, 0.29) is 5.41 Å². The van der Waals surface area contributed by atoms with Crippen molar-refractivity contribution in [1.29, 1.82) is 0 Å². The molecule has 9 aromatic carbocycles. The van der Waals surface area contributed by atoms with Crippen molar-refractivity contribution in [3.05, 3.63) is 211 Å². The smallest absolute Gasteiger partial charge is 0.143 e. The summed E-state index contributed by atoms with van der Waals surface area (Å²) in [7, 11) is 0. The summed E-state index contributed by atoms with van der Waals surface area (Å²) < 4.78 is 7.10. The van der Waals surface area contributed by atoms with Crippen LogP contribution < -0.4 is 4.90 Å². The second-order valence-corrected chi connectivity index (χ2v) is 15.7. The Morgan fingerprint density at radius 1 is 0.404 bits per heavy atom. The fraction of sp³-hybridized carbons (Fsp3) is 0.0545. The highest BCUT2D eigenvalue weighted by Crippen LogP contribution is 2.52. The van der Waals surface area contributed by atoms with Crippen molar-refractivity contribution < 1.29 is 4.42 Å². The van der Waals surface area contributed by atoms with Crippen molar-refractivity contribution in [2.75, 3.05) is 4.90 Å². The molecule has 1 heterocycles. The first-order valence-electron chi connectivity index (χ1n) is 19.8. The summed E-state index contributed by atoms with van der Waals surface area (Å²) in [6, 6.07) is 72.4. The Hall–Kier alpha value is -7.16. The highest BCUT2D eigenvalue weighted by molar-refractivity contribution is 6.26. The van der Waals surface area contributed by atoms with Gasteiger partial charge in [-0.25, -0.2) is 0 Å². The van der Waals surface area contributed by atoms with Gasteiger partial charge in [0, 0.05) is 27.7 Å². The van der Waals surface area contributed by atoms with Crippen molar-refractivity contribution in [2.45, 2.75) is 19.3 Å². The van der Waals surface area contributed by atoms with Gasteiger partial charge in [-0.15, -0.1) is 0 Å². The third kappa shape index (κ3) is 5.25. The monoisotopic (exact) mass is 729 g/mol. The van der Waals surface area contributed by atoms with Crippen molar-refractivity contribution in [3.8, 4) is 44.5 Å². The number of fused-ring (bicyclic) bond motifs is 8. The largest absolute Gasteiger partial charge is 0.455 e. The Bertz CT molecular complexity index is 3140. The van der Waals surface area contributed by atoms with Crippen molar-refractivity contribution in [2.24, 2.45) is 0 Å². The average molecular weight is 730 g/mol. The van der Waals surface area contributed by atoms with Crippen molar-refractivity contribution >= 4 is 49.8 Å². The van der Waals surface area contributed by atoms with Gasteiger partial charge in [0.15, 0.2) is 0 Å². The van der Waals surface area contributed by atoms with Crippen LogP contribution in [0.15, 0.2) is 205 Å². The first kappa shape index (κ1) is 33.2. The van der Waals surface area contributed by atoms with E-state index < -0.39 is 0 Å². The summed E-state index contributed by atoms with van der Waals surface area (Å²) in [6.45, 7) is 4.71. The molecule has 0 spiro atoms. The zero-order chi connectivity index (χ0) is 38.1. The molecular formula is C55H39NO. The van der Waals surface area contributed by atoms with E-state index in [4.69, 9.17) is 4.42 Å². The first-order chi connectivity index (χ1) is 28.0. The Morgan fingerprint density at radius 2 is 1.02 bits per heavy atom. The third-order valence-electron chi connectivity index (χ3n) is 12.1. The fourth-order valence-electron chi connectivity index (χ4n) is 9.31. The van der Waals surface area contributed by atoms with Crippen LogP contribution in [0.5, 0.6) is 0 Å². The van der Waals surface area contributed by atoms with Gasteiger partial charge in [-0.3, -0.25) is 0 Å². The molecule has 1 aliphatic rings. The first-order valence-corrected chi connectivity index (χ1v) is 19.8. The molecule has 0 radical (unpaired) electrons. The highest BCUT2D eigenvalue weighted by Gasteiger charge is 2.36. The molecule has 0 atom stereocenters. The second kappa shape index (κ2) is 13.0. The number of benzene rings is 9. The van der Waals surface area contributed by atoms with Crippen LogP contribution in [0.4, 0.5) is 17.1 Å². The molecule has 0 bridgehead atoms. The molecular weight excluding hydrogens is 691 g/mol. The summed E-state index contributed by atoms with van der Waals surface area (Å²) >= 11 is 0. The van der Waals surface area contributed by atoms with E-state index in [1.165, 1.54) is 55.3 Å². The quantitative estimate of drug-likeness (QED) is 0.169. The third-order valence-corrected chi connectivity index (χ3v) is 12.1. The van der Waals surface area contributed by atoms with E-state index in [1.807, 2.05) is 0 Å². The predicted molar refractivity (Wildman–Crippen MR) is 240 cm³/mol. The van der Waals surface area contributed by atoms with Gasteiger partial charge in [0.1, 0.15) is 11.2 Å². The van der Waals surface area contributed by atoms with Gasteiger partial charge in [0.25, 0.3) is 0 Å². The molecule has 0 aliphatic heterocycles. The molecule has 270 valence electrons. The number of anilines is 3. The molecule has 1 aromatic heterocycles. The van der Waals surface area contributed by atoms with E-state index in [2.05, 4.69) is 219 Å². The molecule has 2 heteroatoms. The van der Waals surface area contributed by atoms with Crippen molar-refractivity contribution in [1.82, 2.24) is 0 Å². The minimum atomic E-state index is -0.142. The molecule has 0 fully saturated rings. The SMILES string of the molecule is CC1(C)c2ccccc2-c2ccc(N(c3ccc(-c4ccccc4)cc3)c3cccc4oc5c(-c6ccccc6-c6ccccc6)cc6ccccc6c5c34)cc21. The topological polar surface area (TPSA) is 16.4 Å². The number of furan rings is 1. The number of rotatable bonds is 6. The van der Waals surface area contributed by atoms with Crippen LogP contribution in [0.3, 0.4) is 0 Å². The van der Waals surface area contributed by atoms with Crippen LogP contribution in [0.25, 0.3) is 77.2 Å². The van der Waals surface area contributed by atoms with Crippen molar-refractivity contribution in [3.63, 3.8) is 0 Å². The minimum Gasteiger partial charge on any atom is -0.455 e. The maximum Gasteiger partial charge on any atom is 0.143 e. The van der Waals surface area contributed by atoms with Crippen LogP contribution in [0.1, 0.15) is 25.0 Å². The predicted octanol–water partition coefficient (Wildman–Crippen LogP) is 15.5. The standard InChI is InChI=1S/C55H39NO/c1-55(2)48-25-14-13-24-45(48)46-33-32-41(35-49(46)55)56(40-30-28-37(29-31-40)36-16-5-3-6-17-36)50-26-15-27-51-53(50)52-43-22-10-9-20-39(43)34-47(54(52)57-51)44-23-12-11-21-42(44)38-18-7-4-8-19-38/h3-35H,1-2H3. The second-order valence-electron chi connectivity index (χ2n) is 15.7. The lowest BCUT2D eigenvalue weighted by Crippen LogP contribution is -2.16. The molecule has 0 N–H and O–H groups in total. The fourth-order valence-corrected chi connectivity index (χ4v) is 9.31. The lowest BCUT2D eigenvalue weighted by molar-refractivity contribution is 0.660. The molecule has 11 rings (SSSR count). The zero-order valence-corrected chi connectivity index (χ0v) is 31.9. The van der Waals surface area contributed by atoms with Crippen LogP contribution in [0, 0.1) is 0 Å². The van der Waals surface area contributed by atoms with Gasteiger partial charge in [-0.05, 0) is 103 Å². The molecule has 0 saturated heterocycles. The van der Waals surface area contributed by atoms with Crippen LogP contribution in [0.2, 0.25) is 0 Å². The van der Waals surface area contributed by atoms with Gasteiger partial charge in [-0.2, -0.15) is 0 Å². The molecule has 10 aromatic rings. The van der Waals surface area contributed by atoms with Crippen LogP contribution in [-0.4, -0.2) is 0 Å². The van der Waals surface area contributed by atoms with Gasteiger partial charge < -0.3 is 9.32 Å². The summed E-state index contributed by atoms with van der Waals surface area (Å²) in [5.41, 5.74) is 17.2. The van der Waals surface area contributed by atoms with E-state index >= 15 is 0 Å². The highest BCUT2D eigenvalue weighted by atomic mass is 16.3. The summed E-state index contributed by atoms with van der Waals surface area (Å²) in [5.74, 6) is 0. The normalized spacial score (nSPS) is 12.9. The zero-order valence-electron chi connectivity index (χ0n) is 31.9. The average Bonchev–Trinajstić information content (AvgIpc) is 3.78. The molecule has 0 saturated carbocycles. The summed E-state index contributed by atoms with van der Waals surface area (Å²) in [6.07, 6.45) is 0. The van der Waals surface area contributed by atoms with Crippen LogP contribution in [-0.2, 0) is 5.41 Å². The maximum absolute atomic E-state index is 7.10. The van der Waals surface area contributed by atoms with Crippen LogP contribution >= 0.6 is 0 Å². The minimum absolute atomic E-state index is 0.142. The lowest BCUT2D eigenvalue weighted by atomic mass is 9.82. The molecule has 0 amide bonds. The lowest BCUT2D eigenvalue weighted by Gasteiger charge is -2.29. The van der Waals surface area contributed by atoms with E-state index in [9.17, 15) is 0 Å². The van der Waals surface area contributed by atoms with E-state index in [0.29, 0.717) is 0 Å². The van der Waals surface area contributed by atoms with Gasteiger partial charge in [0.2, 0.25) is 0 Å². The number of nitrogens with zero attached hydrogens (tertiary/aromatic N) is 1. The Kier molecular flexibility index (Phi) is 7.55. The molecule has 1 aliphatic carbocycles. The molecule has 57 heavy (non-hydrogen) atoms. The Balaban J connectivity index is 1.19. The van der Waals surface area contributed by atoms with Gasteiger partial charge >= 0.3 is 0 Å². The summed E-state index contributed by atoms with van der Waals surface area (Å²) in [5, 5.41) is 4.56. The maximum atomic E-state index is 7.10. The van der Waals surface area contributed by atoms with Gasteiger partial charge in [0.05, 0.1) is 11.1 Å². The van der Waals surface area contributed by atoms with Gasteiger partial charge in [-0.1, -0.05) is 172 Å². The summed E-state index contributed by atoms with van der Waals surface area (Å²) in [4.78, 5) is 2.44.